The number of carbonyl (C=O) groups is 1. The van der Waals surface area contributed by atoms with Gasteiger partial charge in [0.1, 0.15) is 5.69 Å². The predicted octanol–water partition coefficient (Wildman–Crippen LogP) is 3.21. The summed E-state index contributed by atoms with van der Waals surface area (Å²) in [5.74, 6) is 0.233. The molecule has 18 heavy (non-hydrogen) atoms. The average molecular weight is 310 g/mol. The van der Waals surface area contributed by atoms with E-state index in [4.69, 9.17) is 4.52 Å². The molecule has 2 rings (SSSR count). The van der Waals surface area contributed by atoms with Crippen molar-refractivity contribution in [2.45, 2.75) is 19.8 Å². The molecule has 1 N–H and O–H groups in total. The van der Waals surface area contributed by atoms with E-state index >= 15 is 0 Å². The zero-order chi connectivity index (χ0) is 13.1. The van der Waals surface area contributed by atoms with E-state index in [9.17, 15) is 4.79 Å². The SMILES string of the molecule is CC(C)c1cc(NC(=O)c2ncccc2Br)on1. The van der Waals surface area contributed by atoms with E-state index in [-0.39, 0.29) is 11.8 Å². The van der Waals surface area contributed by atoms with Crippen LogP contribution in [-0.2, 0) is 0 Å². The Morgan fingerprint density at radius 2 is 2.28 bits per heavy atom. The number of rotatable bonds is 3. The van der Waals surface area contributed by atoms with E-state index in [1.165, 1.54) is 0 Å². The Kier molecular flexibility index (Phi) is 3.76. The normalized spacial score (nSPS) is 10.7. The fourth-order valence-corrected chi connectivity index (χ4v) is 1.78. The van der Waals surface area contributed by atoms with Gasteiger partial charge in [0.15, 0.2) is 0 Å². The fourth-order valence-electron chi connectivity index (χ4n) is 1.34. The van der Waals surface area contributed by atoms with Crippen LogP contribution in [0.15, 0.2) is 33.4 Å². The van der Waals surface area contributed by atoms with E-state index in [2.05, 4.69) is 31.4 Å². The van der Waals surface area contributed by atoms with Crippen LogP contribution in [0.5, 0.6) is 0 Å². The van der Waals surface area contributed by atoms with Crippen molar-refractivity contribution in [1.82, 2.24) is 10.1 Å². The van der Waals surface area contributed by atoms with Gasteiger partial charge in [0, 0.05) is 16.7 Å². The Morgan fingerprint density at radius 1 is 1.50 bits per heavy atom. The second kappa shape index (κ2) is 5.30. The van der Waals surface area contributed by atoms with Crippen LogP contribution in [0.1, 0.15) is 35.9 Å². The van der Waals surface area contributed by atoms with Gasteiger partial charge in [0.05, 0.1) is 5.69 Å². The Labute approximate surface area is 113 Å². The topological polar surface area (TPSA) is 68.0 Å². The minimum Gasteiger partial charge on any atom is -0.338 e. The number of aromatic nitrogens is 2. The molecule has 0 saturated heterocycles. The van der Waals surface area contributed by atoms with Crippen LogP contribution in [0.4, 0.5) is 5.88 Å². The van der Waals surface area contributed by atoms with Crippen LogP contribution in [-0.4, -0.2) is 16.0 Å². The van der Waals surface area contributed by atoms with Gasteiger partial charge in [-0.2, -0.15) is 0 Å². The maximum absolute atomic E-state index is 11.9. The molecule has 2 heterocycles. The molecule has 0 spiro atoms. The summed E-state index contributed by atoms with van der Waals surface area (Å²) in [6, 6.07) is 5.20. The van der Waals surface area contributed by atoms with Crippen molar-refractivity contribution in [1.29, 1.82) is 0 Å². The van der Waals surface area contributed by atoms with Crippen LogP contribution in [0.3, 0.4) is 0 Å². The summed E-state index contributed by atoms with van der Waals surface area (Å²) < 4.78 is 5.66. The average Bonchev–Trinajstić information content (AvgIpc) is 2.78. The summed E-state index contributed by atoms with van der Waals surface area (Å²) >= 11 is 3.27. The fraction of sp³-hybridized carbons (Fsp3) is 0.250. The molecule has 94 valence electrons. The number of hydrogen-bond acceptors (Lipinski definition) is 4. The highest BCUT2D eigenvalue weighted by atomic mass is 79.9. The smallest absolute Gasteiger partial charge is 0.277 e. The number of hydrogen-bond donors (Lipinski definition) is 1. The lowest BCUT2D eigenvalue weighted by atomic mass is 10.1. The third-order valence-electron chi connectivity index (χ3n) is 2.33. The molecular formula is C12H12BrN3O2. The minimum absolute atomic E-state index is 0.251. The molecule has 0 atom stereocenters. The molecule has 6 heteroatoms. The summed E-state index contributed by atoms with van der Waals surface area (Å²) in [7, 11) is 0. The van der Waals surface area contributed by atoms with E-state index < -0.39 is 0 Å². The highest BCUT2D eigenvalue weighted by molar-refractivity contribution is 9.10. The first-order chi connectivity index (χ1) is 8.58. The number of anilines is 1. The van der Waals surface area contributed by atoms with Crippen molar-refractivity contribution < 1.29 is 9.32 Å². The minimum atomic E-state index is -0.339. The summed E-state index contributed by atoms with van der Waals surface area (Å²) in [4.78, 5) is 15.9. The molecule has 0 saturated carbocycles. The van der Waals surface area contributed by atoms with E-state index in [0.29, 0.717) is 16.1 Å². The van der Waals surface area contributed by atoms with E-state index in [0.717, 1.165) is 5.69 Å². The van der Waals surface area contributed by atoms with Gasteiger partial charge in [0.2, 0.25) is 5.88 Å². The molecule has 0 fully saturated rings. The largest absolute Gasteiger partial charge is 0.338 e. The van der Waals surface area contributed by atoms with Crippen LogP contribution >= 0.6 is 15.9 Å². The number of pyridine rings is 1. The summed E-state index contributed by atoms with van der Waals surface area (Å²) in [5.41, 5.74) is 1.10. The molecule has 0 bridgehead atoms. The van der Waals surface area contributed by atoms with Gasteiger partial charge in [0.25, 0.3) is 5.91 Å². The third kappa shape index (κ3) is 2.76. The second-order valence-electron chi connectivity index (χ2n) is 4.06. The number of halogens is 1. The van der Waals surface area contributed by atoms with Crippen LogP contribution < -0.4 is 5.32 Å². The van der Waals surface area contributed by atoms with Gasteiger partial charge in [-0.3, -0.25) is 10.1 Å². The molecule has 5 nitrogen and oxygen atoms in total. The van der Waals surface area contributed by atoms with Gasteiger partial charge >= 0.3 is 0 Å². The molecule has 1 amide bonds. The molecule has 0 radical (unpaired) electrons. The Hall–Kier alpha value is -1.69. The van der Waals surface area contributed by atoms with E-state index in [1.54, 1.807) is 24.4 Å². The van der Waals surface area contributed by atoms with Crippen molar-refractivity contribution in [2.75, 3.05) is 5.32 Å². The summed E-state index contributed by atoms with van der Waals surface area (Å²) in [5, 5.41) is 6.48. The Balaban J connectivity index is 2.14. The quantitative estimate of drug-likeness (QED) is 0.945. The standard InChI is InChI=1S/C12H12BrN3O2/c1-7(2)9-6-10(18-16-9)15-12(17)11-8(13)4-3-5-14-11/h3-7H,1-2H3,(H,15,17). The first kappa shape index (κ1) is 12.8. The van der Waals surface area contributed by atoms with Crippen LogP contribution in [0, 0.1) is 0 Å². The lowest BCUT2D eigenvalue weighted by Gasteiger charge is -2.01. The zero-order valence-electron chi connectivity index (χ0n) is 9.98. The van der Waals surface area contributed by atoms with Gasteiger partial charge in [-0.1, -0.05) is 19.0 Å². The number of carbonyl (C=O) groups excluding carboxylic acids is 1. The molecule has 2 aromatic rings. The molecule has 0 aromatic carbocycles. The molecule has 0 aliphatic carbocycles. The van der Waals surface area contributed by atoms with Crippen molar-refractivity contribution in [3.05, 3.63) is 40.3 Å². The lowest BCUT2D eigenvalue weighted by molar-refractivity contribution is 0.101. The number of nitrogens with one attached hydrogen (secondary N) is 1. The van der Waals surface area contributed by atoms with Gasteiger partial charge in [-0.05, 0) is 34.0 Å². The lowest BCUT2D eigenvalue weighted by Crippen LogP contribution is -2.13. The predicted molar refractivity (Wildman–Crippen MR) is 70.5 cm³/mol. The highest BCUT2D eigenvalue weighted by Gasteiger charge is 2.14. The molecule has 2 aromatic heterocycles. The van der Waals surface area contributed by atoms with Gasteiger partial charge in [-0.15, -0.1) is 0 Å². The number of amides is 1. The second-order valence-corrected chi connectivity index (χ2v) is 4.91. The highest BCUT2D eigenvalue weighted by Crippen LogP contribution is 2.19. The van der Waals surface area contributed by atoms with Crippen molar-refractivity contribution in [3.8, 4) is 0 Å². The molecule has 0 aliphatic rings. The van der Waals surface area contributed by atoms with Crippen LogP contribution in [0.25, 0.3) is 0 Å². The summed E-state index contributed by atoms with van der Waals surface area (Å²) in [6.07, 6.45) is 1.56. The third-order valence-corrected chi connectivity index (χ3v) is 2.97. The van der Waals surface area contributed by atoms with E-state index in [1.807, 2.05) is 13.8 Å². The van der Waals surface area contributed by atoms with Gasteiger partial charge < -0.3 is 4.52 Å². The maximum atomic E-state index is 11.9. The molecule has 0 unspecified atom stereocenters. The Morgan fingerprint density at radius 3 is 2.89 bits per heavy atom. The van der Waals surface area contributed by atoms with Crippen molar-refractivity contribution in [3.63, 3.8) is 0 Å². The van der Waals surface area contributed by atoms with Gasteiger partial charge in [-0.25, -0.2) is 4.98 Å². The first-order valence-electron chi connectivity index (χ1n) is 5.46. The van der Waals surface area contributed by atoms with Crippen molar-refractivity contribution in [2.24, 2.45) is 0 Å². The zero-order valence-corrected chi connectivity index (χ0v) is 11.6. The first-order valence-corrected chi connectivity index (χ1v) is 6.25. The molecular weight excluding hydrogens is 298 g/mol. The Bertz CT molecular complexity index is 566. The molecule has 0 aliphatic heterocycles. The summed E-state index contributed by atoms with van der Waals surface area (Å²) in [6.45, 7) is 4.00. The maximum Gasteiger partial charge on any atom is 0.277 e. The monoisotopic (exact) mass is 309 g/mol. The van der Waals surface area contributed by atoms with Crippen molar-refractivity contribution >= 4 is 27.7 Å². The van der Waals surface area contributed by atoms with Crippen LogP contribution in [0.2, 0.25) is 0 Å². The number of nitrogens with zero attached hydrogens (tertiary/aromatic N) is 2.